The van der Waals surface area contributed by atoms with Crippen LogP contribution in [0.15, 0.2) is 94.9 Å². The zero-order valence-electron chi connectivity index (χ0n) is 20.1. The van der Waals surface area contributed by atoms with E-state index in [1.807, 2.05) is 30.5 Å². The Bertz CT molecular complexity index is 1550. The standard InChI is InChI=1S/C27H24Cl2N4O3S/c1-19-15-21(20(2)33(19)23-13-14-25(28)26(29)16-23)17-30-31-27(34)18-32(22-9-5-3-6-10-22)37(35,36)24-11-7-4-8-12-24/h3-17H,18H2,1-2H3,(H,31,34)/b30-17-. The fraction of sp³-hybridized carbons (Fsp3) is 0.111. The van der Waals surface area contributed by atoms with Gasteiger partial charge in [-0.2, -0.15) is 5.10 Å². The summed E-state index contributed by atoms with van der Waals surface area (Å²) in [5, 5.41) is 4.99. The number of carbonyl (C=O) groups excluding carboxylic acids is 1. The molecule has 0 spiro atoms. The Kier molecular flexibility index (Phi) is 8.02. The minimum absolute atomic E-state index is 0.0879. The second-order valence-corrected chi connectivity index (χ2v) is 10.9. The third-order valence-electron chi connectivity index (χ3n) is 5.69. The molecule has 0 radical (unpaired) electrons. The van der Waals surface area contributed by atoms with Gasteiger partial charge in [0.15, 0.2) is 0 Å². The van der Waals surface area contributed by atoms with Gasteiger partial charge < -0.3 is 4.57 Å². The average molecular weight is 555 g/mol. The zero-order chi connectivity index (χ0) is 26.6. The van der Waals surface area contributed by atoms with Gasteiger partial charge in [0.05, 0.1) is 26.8 Å². The number of amides is 1. The van der Waals surface area contributed by atoms with E-state index in [4.69, 9.17) is 23.2 Å². The van der Waals surface area contributed by atoms with Crippen molar-refractivity contribution in [2.45, 2.75) is 18.7 Å². The molecule has 0 saturated carbocycles. The number of anilines is 1. The summed E-state index contributed by atoms with van der Waals surface area (Å²) < 4.78 is 29.7. The van der Waals surface area contributed by atoms with Gasteiger partial charge in [0, 0.05) is 22.6 Å². The largest absolute Gasteiger partial charge is 0.318 e. The number of rotatable bonds is 8. The molecule has 4 aromatic rings. The predicted molar refractivity (Wildman–Crippen MR) is 148 cm³/mol. The van der Waals surface area contributed by atoms with Crippen molar-refractivity contribution in [3.8, 4) is 5.69 Å². The van der Waals surface area contributed by atoms with Crippen LogP contribution in [0.1, 0.15) is 17.0 Å². The van der Waals surface area contributed by atoms with Crippen LogP contribution in [0.25, 0.3) is 5.69 Å². The van der Waals surface area contributed by atoms with Gasteiger partial charge in [-0.25, -0.2) is 13.8 Å². The van der Waals surface area contributed by atoms with Crippen molar-refractivity contribution in [1.29, 1.82) is 0 Å². The first-order valence-corrected chi connectivity index (χ1v) is 13.5. The van der Waals surface area contributed by atoms with Crippen LogP contribution in [0.3, 0.4) is 0 Å². The van der Waals surface area contributed by atoms with Crippen LogP contribution in [0.4, 0.5) is 5.69 Å². The third kappa shape index (κ3) is 5.88. The Balaban J connectivity index is 1.53. The first-order chi connectivity index (χ1) is 17.7. The molecule has 7 nitrogen and oxygen atoms in total. The van der Waals surface area contributed by atoms with Gasteiger partial charge in [-0.1, -0.05) is 59.6 Å². The second kappa shape index (κ2) is 11.2. The summed E-state index contributed by atoms with van der Waals surface area (Å²) in [6.07, 6.45) is 1.52. The normalized spacial score (nSPS) is 11.6. The molecule has 1 aromatic heterocycles. The molecule has 0 saturated heterocycles. The van der Waals surface area contributed by atoms with Gasteiger partial charge >= 0.3 is 0 Å². The lowest BCUT2D eigenvalue weighted by Gasteiger charge is -2.23. The molecule has 1 heterocycles. The molecule has 0 fully saturated rings. The van der Waals surface area contributed by atoms with E-state index in [9.17, 15) is 13.2 Å². The van der Waals surface area contributed by atoms with E-state index in [2.05, 4.69) is 10.5 Å². The number of sulfonamides is 1. The Morgan fingerprint density at radius 3 is 2.24 bits per heavy atom. The lowest BCUT2D eigenvalue weighted by molar-refractivity contribution is -0.119. The van der Waals surface area contributed by atoms with Gasteiger partial charge in [-0.05, 0) is 62.4 Å². The molecule has 190 valence electrons. The number of nitrogens with one attached hydrogen (secondary N) is 1. The number of benzene rings is 3. The van der Waals surface area contributed by atoms with Crippen molar-refractivity contribution in [1.82, 2.24) is 9.99 Å². The van der Waals surface area contributed by atoms with Crippen LogP contribution in [-0.2, 0) is 14.8 Å². The molecule has 4 rings (SSSR count). The number of hydrogen-bond donors (Lipinski definition) is 1. The monoisotopic (exact) mass is 554 g/mol. The molecule has 0 aliphatic heterocycles. The average Bonchev–Trinajstić information content (AvgIpc) is 3.17. The van der Waals surface area contributed by atoms with Gasteiger partial charge in [0.2, 0.25) is 0 Å². The quantitative estimate of drug-likeness (QED) is 0.222. The minimum atomic E-state index is -3.98. The highest BCUT2D eigenvalue weighted by Gasteiger charge is 2.26. The van der Waals surface area contributed by atoms with E-state index >= 15 is 0 Å². The number of aromatic nitrogens is 1. The van der Waals surface area contributed by atoms with E-state index in [1.165, 1.54) is 18.3 Å². The van der Waals surface area contributed by atoms with E-state index in [0.717, 1.165) is 26.9 Å². The fourth-order valence-electron chi connectivity index (χ4n) is 3.91. The third-order valence-corrected chi connectivity index (χ3v) is 8.21. The van der Waals surface area contributed by atoms with Gasteiger partial charge in [0.25, 0.3) is 15.9 Å². The first kappa shape index (κ1) is 26.5. The Morgan fingerprint density at radius 2 is 1.59 bits per heavy atom. The van der Waals surface area contributed by atoms with Crippen molar-refractivity contribution in [3.63, 3.8) is 0 Å². The summed E-state index contributed by atoms with van der Waals surface area (Å²) in [6.45, 7) is 3.42. The highest BCUT2D eigenvalue weighted by atomic mass is 35.5. The maximum atomic E-state index is 13.3. The predicted octanol–water partition coefficient (Wildman–Crippen LogP) is 5.75. The molecule has 1 amide bonds. The van der Waals surface area contributed by atoms with Crippen LogP contribution in [-0.4, -0.2) is 31.7 Å². The zero-order valence-corrected chi connectivity index (χ0v) is 22.4. The molecule has 3 aromatic carbocycles. The van der Waals surface area contributed by atoms with E-state index < -0.39 is 22.5 Å². The highest BCUT2D eigenvalue weighted by molar-refractivity contribution is 7.92. The summed E-state index contributed by atoms with van der Waals surface area (Å²) in [7, 11) is -3.98. The van der Waals surface area contributed by atoms with Crippen molar-refractivity contribution in [2.75, 3.05) is 10.8 Å². The van der Waals surface area contributed by atoms with E-state index in [1.54, 1.807) is 60.7 Å². The summed E-state index contributed by atoms with van der Waals surface area (Å²) in [4.78, 5) is 12.9. The number of aryl methyl sites for hydroxylation is 1. The minimum Gasteiger partial charge on any atom is -0.318 e. The van der Waals surface area contributed by atoms with Gasteiger partial charge in [-0.15, -0.1) is 0 Å². The maximum absolute atomic E-state index is 13.3. The summed E-state index contributed by atoms with van der Waals surface area (Å²) >= 11 is 12.2. The molecule has 0 atom stereocenters. The van der Waals surface area contributed by atoms with Crippen molar-refractivity contribution >= 4 is 51.0 Å². The van der Waals surface area contributed by atoms with Crippen LogP contribution in [0.2, 0.25) is 10.0 Å². The SMILES string of the molecule is Cc1cc(/C=N\NC(=O)CN(c2ccccc2)S(=O)(=O)c2ccccc2)c(C)n1-c1ccc(Cl)c(Cl)c1. The van der Waals surface area contributed by atoms with E-state index in [-0.39, 0.29) is 4.90 Å². The molecular weight excluding hydrogens is 531 g/mol. The molecular formula is C27H24Cl2N4O3S. The Labute approximate surface area is 226 Å². The molecule has 1 N–H and O–H groups in total. The van der Waals surface area contributed by atoms with Crippen LogP contribution >= 0.6 is 23.2 Å². The van der Waals surface area contributed by atoms with Gasteiger partial charge in [0.1, 0.15) is 6.54 Å². The smallest absolute Gasteiger partial charge is 0.264 e. The number of hydrazone groups is 1. The van der Waals surface area contributed by atoms with Gasteiger partial charge in [-0.3, -0.25) is 9.10 Å². The number of carbonyl (C=O) groups is 1. The van der Waals surface area contributed by atoms with Crippen LogP contribution in [0.5, 0.6) is 0 Å². The fourth-order valence-corrected chi connectivity index (χ4v) is 5.64. The highest BCUT2D eigenvalue weighted by Crippen LogP contribution is 2.27. The lowest BCUT2D eigenvalue weighted by Crippen LogP contribution is -2.39. The number of nitrogens with zero attached hydrogens (tertiary/aromatic N) is 3. The summed E-state index contributed by atoms with van der Waals surface area (Å²) in [6, 6.07) is 23.7. The molecule has 0 unspecified atom stereocenters. The van der Waals surface area contributed by atoms with Crippen LogP contribution < -0.4 is 9.73 Å². The number of hydrogen-bond acceptors (Lipinski definition) is 4. The molecule has 0 aliphatic rings. The van der Waals surface area contributed by atoms with Crippen molar-refractivity contribution < 1.29 is 13.2 Å². The summed E-state index contributed by atoms with van der Waals surface area (Å²) in [5.41, 5.74) is 6.26. The Morgan fingerprint density at radius 1 is 0.946 bits per heavy atom. The summed E-state index contributed by atoms with van der Waals surface area (Å²) in [5.74, 6) is -0.585. The first-order valence-electron chi connectivity index (χ1n) is 11.3. The second-order valence-electron chi connectivity index (χ2n) is 8.21. The molecule has 37 heavy (non-hydrogen) atoms. The number of halogens is 2. The van der Waals surface area contributed by atoms with Crippen molar-refractivity contribution in [3.05, 3.63) is 112 Å². The topological polar surface area (TPSA) is 83.8 Å². The van der Waals surface area contributed by atoms with Crippen molar-refractivity contribution in [2.24, 2.45) is 5.10 Å². The van der Waals surface area contributed by atoms with Crippen LogP contribution in [0, 0.1) is 13.8 Å². The molecule has 10 heteroatoms. The lowest BCUT2D eigenvalue weighted by atomic mass is 10.2. The Hall–Kier alpha value is -3.59. The molecule has 0 aliphatic carbocycles. The maximum Gasteiger partial charge on any atom is 0.264 e. The number of para-hydroxylation sites is 1. The van der Waals surface area contributed by atoms with E-state index in [0.29, 0.717) is 15.7 Å². The molecule has 0 bridgehead atoms.